The zero-order valence-electron chi connectivity index (χ0n) is 10.8. The number of pyridine rings is 1. The van der Waals surface area contributed by atoms with Crippen LogP contribution in [-0.4, -0.2) is 21.0 Å². The molecule has 1 aromatic carbocycles. The molecule has 21 heavy (non-hydrogen) atoms. The number of aromatic carboxylic acids is 1. The van der Waals surface area contributed by atoms with Gasteiger partial charge in [0.15, 0.2) is 0 Å². The molecule has 108 valence electrons. The maximum absolute atomic E-state index is 11.1. The lowest BCUT2D eigenvalue weighted by Crippen LogP contribution is -2.05. The summed E-state index contributed by atoms with van der Waals surface area (Å²) in [5, 5.41) is 23.2. The van der Waals surface area contributed by atoms with E-state index in [2.05, 4.69) is 10.3 Å². The average molecular weight is 308 g/mol. The summed E-state index contributed by atoms with van der Waals surface area (Å²) in [6.45, 7) is 1.79. The molecule has 0 bridgehead atoms. The van der Waals surface area contributed by atoms with E-state index in [1.54, 1.807) is 25.1 Å². The summed E-state index contributed by atoms with van der Waals surface area (Å²) < 4.78 is 0. The molecular formula is C13H10ClN3O4. The quantitative estimate of drug-likeness (QED) is 0.662. The Balaban J connectivity index is 2.42. The Labute approximate surface area is 124 Å². The lowest BCUT2D eigenvalue weighted by atomic mass is 10.2. The van der Waals surface area contributed by atoms with Crippen LogP contribution in [0.25, 0.3) is 0 Å². The maximum atomic E-state index is 11.1. The van der Waals surface area contributed by atoms with E-state index in [4.69, 9.17) is 16.7 Å². The number of benzene rings is 1. The number of carboxylic acid groups (broad SMARTS) is 1. The zero-order valence-corrected chi connectivity index (χ0v) is 11.6. The molecule has 0 fully saturated rings. The standard InChI is InChI=1S/C13H10ClN3O4/c1-7-9(14)3-2-4-10(7)16-12-5-8(13(18)19)11(6-15-12)17(20)21/h2-6H,1H3,(H,15,16)(H,18,19). The molecule has 0 aliphatic rings. The van der Waals surface area contributed by atoms with Crippen molar-refractivity contribution in [2.45, 2.75) is 6.92 Å². The van der Waals surface area contributed by atoms with E-state index in [9.17, 15) is 14.9 Å². The number of rotatable bonds is 4. The Morgan fingerprint density at radius 1 is 1.48 bits per heavy atom. The van der Waals surface area contributed by atoms with Gasteiger partial charge in [0, 0.05) is 16.8 Å². The highest BCUT2D eigenvalue weighted by Gasteiger charge is 2.21. The molecule has 0 aliphatic heterocycles. The van der Waals surface area contributed by atoms with Gasteiger partial charge in [-0.3, -0.25) is 10.1 Å². The van der Waals surface area contributed by atoms with Crippen molar-refractivity contribution in [3.05, 3.63) is 56.7 Å². The first kappa shape index (κ1) is 14.7. The molecule has 0 unspecified atom stereocenters. The number of hydrogen-bond acceptors (Lipinski definition) is 5. The van der Waals surface area contributed by atoms with Gasteiger partial charge in [-0.15, -0.1) is 0 Å². The monoisotopic (exact) mass is 307 g/mol. The lowest BCUT2D eigenvalue weighted by molar-refractivity contribution is -0.385. The normalized spacial score (nSPS) is 10.2. The minimum absolute atomic E-state index is 0.184. The smallest absolute Gasteiger partial charge is 0.342 e. The minimum Gasteiger partial charge on any atom is -0.477 e. The predicted molar refractivity (Wildman–Crippen MR) is 77.3 cm³/mol. The highest BCUT2D eigenvalue weighted by molar-refractivity contribution is 6.31. The van der Waals surface area contributed by atoms with E-state index in [0.29, 0.717) is 10.7 Å². The molecular weight excluding hydrogens is 298 g/mol. The average Bonchev–Trinajstić information content (AvgIpc) is 2.43. The number of carbonyl (C=O) groups is 1. The Morgan fingerprint density at radius 3 is 2.81 bits per heavy atom. The molecule has 1 heterocycles. The van der Waals surface area contributed by atoms with Crippen LogP contribution in [0, 0.1) is 17.0 Å². The van der Waals surface area contributed by atoms with Crippen molar-refractivity contribution in [3.8, 4) is 0 Å². The van der Waals surface area contributed by atoms with Crippen LogP contribution in [0.1, 0.15) is 15.9 Å². The van der Waals surface area contributed by atoms with Crippen LogP contribution >= 0.6 is 11.6 Å². The number of hydrogen-bond donors (Lipinski definition) is 2. The van der Waals surface area contributed by atoms with Crippen LogP contribution in [0.5, 0.6) is 0 Å². The Morgan fingerprint density at radius 2 is 2.19 bits per heavy atom. The fourth-order valence-corrected chi connectivity index (χ4v) is 1.89. The summed E-state index contributed by atoms with van der Waals surface area (Å²) in [6, 6.07) is 6.29. The van der Waals surface area contributed by atoms with Crippen LogP contribution < -0.4 is 5.32 Å². The van der Waals surface area contributed by atoms with Crippen molar-refractivity contribution < 1.29 is 14.8 Å². The fraction of sp³-hybridized carbons (Fsp3) is 0.0769. The number of aromatic nitrogens is 1. The van der Waals surface area contributed by atoms with E-state index in [1.807, 2.05) is 0 Å². The van der Waals surface area contributed by atoms with Crippen LogP contribution in [-0.2, 0) is 0 Å². The highest BCUT2D eigenvalue weighted by Crippen LogP contribution is 2.27. The molecule has 0 amide bonds. The second kappa shape index (κ2) is 5.76. The molecule has 0 spiro atoms. The second-order valence-corrected chi connectivity index (χ2v) is 4.59. The molecule has 7 nitrogen and oxygen atoms in total. The van der Waals surface area contributed by atoms with E-state index >= 15 is 0 Å². The van der Waals surface area contributed by atoms with Gasteiger partial charge in [0.1, 0.15) is 17.6 Å². The van der Waals surface area contributed by atoms with Gasteiger partial charge < -0.3 is 10.4 Å². The third-order valence-corrected chi connectivity index (χ3v) is 3.25. The van der Waals surface area contributed by atoms with Gasteiger partial charge in [0.25, 0.3) is 0 Å². The van der Waals surface area contributed by atoms with Crippen LogP contribution in [0.2, 0.25) is 5.02 Å². The van der Waals surface area contributed by atoms with Gasteiger partial charge in [0.05, 0.1) is 4.92 Å². The first-order chi connectivity index (χ1) is 9.90. The van der Waals surface area contributed by atoms with Gasteiger partial charge in [-0.25, -0.2) is 9.78 Å². The van der Waals surface area contributed by atoms with Crippen molar-refractivity contribution in [1.29, 1.82) is 0 Å². The van der Waals surface area contributed by atoms with Crippen LogP contribution in [0.3, 0.4) is 0 Å². The highest BCUT2D eigenvalue weighted by atomic mass is 35.5. The van der Waals surface area contributed by atoms with E-state index in [1.165, 1.54) is 0 Å². The molecule has 0 saturated heterocycles. The number of nitro groups is 1. The van der Waals surface area contributed by atoms with Gasteiger partial charge in [-0.2, -0.15) is 0 Å². The van der Waals surface area contributed by atoms with E-state index in [-0.39, 0.29) is 5.82 Å². The van der Waals surface area contributed by atoms with Gasteiger partial charge >= 0.3 is 11.7 Å². The molecule has 0 atom stereocenters. The summed E-state index contributed by atoms with van der Waals surface area (Å²) >= 11 is 5.98. The Kier molecular flexibility index (Phi) is 4.04. The SMILES string of the molecule is Cc1c(Cl)cccc1Nc1cc(C(=O)O)c([N+](=O)[O-])cn1. The Bertz CT molecular complexity index is 733. The third-order valence-electron chi connectivity index (χ3n) is 2.84. The molecule has 0 aliphatic carbocycles. The van der Waals surface area contributed by atoms with Crippen molar-refractivity contribution in [1.82, 2.24) is 4.98 Å². The molecule has 1 aromatic heterocycles. The largest absolute Gasteiger partial charge is 0.477 e. The molecule has 0 saturated carbocycles. The lowest BCUT2D eigenvalue weighted by Gasteiger charge is -2.10. The van der Waals surface area contributed by atoms with Crippen molar-refractivity contribution in [2.24, 2.45) is 0 Å². The van der Waals surface area contributed by atoms with Gasteiger partial charge in [0.2, 0.25) is 0 Å². The van der Waals surface area contributed by atoms with Crippen LogP contribution in [0.4, 0.5) is 17.2 Å². The molecule has 8 heteroatoms. The number of anilines is 2. The summed E-state index contributed by atoms with van der Waals surface area (Å²) in [5.74, 6) is -1.21. The summed E-state index contributed by atoms with van der Waals surface area (Å²) in [4.78, 5) is 24.9. The number of halogens is 1. The first-order valence-corrected chi connectivity index (χ1v) is 6.18. The minimum atomic E-state index is -1.39. The summed E-state index contributed by atoms with van der Waals surface area (Å²) in [7, 11) is 0. The Hall–Kier alpha value is -2.67. The third kappa shape index (κ3) is 3.09. The summed E-state index contributed by atoms with van der Waals surface area (Å²) in [5.41, 5.74) is 0.407. The topological polar surface area (TPSA) is 105 Å². The van der Waals surface area contributed by atoms with Gasteiger partial charge in [-0.1, -0.05) is 17.7 Å². The number of nitrogens with zero attached hydrogens (tertiary/aromatic N) is 2. The first-order valence-electron chi connectivity index (χ1n) is 5.80. The molecule has 2 aromatic rings. The molecule has 2 rings (SSSR count). The number of carboxylic acids is 1. The van der Waals surface area contributed by atoms with Gasteiger partial charge in [-0.05, 0) is 24.6 Å². The second-order valence-electron chi connectivity index (χ2n) is 4.19. The van der Waals surface area contributed by atoms with Crippen LogP contribution in [0.15, 0.2) is 30.5 Å². The molecule has 0 radical (unpaired) electrons. The molecule has 2 N–H and O–H groups in total. The number of nitrogens with one attached hydrogen (secondary N) is 1. The van der Waals surface area contributed by atoms with Crippen molar-refractivity contribution in [2.75, 3.05) is 5.32 Å². The predicted octanol–water partition coefficient (Wildman–Crippen LogP) is 3.39. The zero-order chi connectivity index (χ0) is 15.6. The van der Waals surface area contributed by atoms with E-state index in [0.717, 1.165) is 17.8 Å². The van der Waals surface area contributed by atoms with Crippen molar-refractivity contribution >= 4 is 34.8 Å². The van der Waals surface area contributed by atoms with Crippen molar-refractivity contribution in [3.63, 3.8) is 0 Å². The van der Waals surface area contributed by atoms with E-state index < -0.39 is 22.1 Å². The summed E-state index contributed by atoms with van der Waals surface area (Å²) in [6.07, 6.45) is 0.908. The maximum Gasteiger partial charge on any atom is 0.342 e. The fourth-order valence-electron chi connectivity index (χ4n) is 1.71.